The second kappa shape index (κ2) is 6.65. The van der Waals surface area contributed by atoms with E-state index in [1.165, 1.54) is 4.90 Å². The molecule has 7 nitrogen and oxygen atoms in total. The summed E-state index contributed by atoms with van der Waals surface area (Å²) >= 11 is 0. The van der Waals surface area contributed by atoms with Gasteiger partial charge in [0.25, 0.3) is 0 Å². The predicted octanol–water partition coefficient (Wildman–Crippen LogP) is 0.816. The molecule has 1 aromatic rings. The zero-order valence-electron chi connectivity index (χ0n) is 12.4. The van der Waals surface area contributed by atoms with Crippen molar-refractivity contribution >= 4 is 12.0 Å². The first-order chi connectivity index (χ1) is 10.5. The van der Waals surface area contributed by atoms with Crippen LogP contribution in [0.5, 0.6) is 5.75 Å². The zero-order valence-corrected chi connectivity index (χ0v) is 12.4. The summed E-state index contributed by atoms with van der Waals surface area (Å²) in [6, 6.07) is 6.91. The number of carbonyl (C=O) groups excluding carboxylic acids is 1. The molecule has 0 aliphatic carbocycles. The molecule has 1 saturated heterocycles. The third kappa shape index (κ3) is 3.48. The molecule has 7 heteroatoms. The molecule has 22 heavy (non-hydrogen) atoms. The van der Waals surface area contributed by atoms with Crippen molar-refractivity contribution in [2.24, 2.45) is 0 Å². The van der Waals surface area contributed by atoms with Gasteiger partial charge < -0.3 is 25.2 Å². The molecule has 2 rings (SSSR count). The molecule has 1 fully saturated rings. The van der Waals surface area contributed by atoms with Crippen LogP contribution in [0.3, 0.4) is 0 Å². The summed E-state index contributed by atoms with van der Waals surface area (Å²) in [5.74, 6) is -0.627. The second-order valence-corrected chi connectivity index (χ2v) is 5.33. The van der Waals surface area contributed by atoms with Crippen molar-refractivity contribution in [2.75, 3.05) is 20.2 Å². The Morgan fingerprint density at radius 1 is 1.41 bits per heavy atom. The molecule has 120 valence electrons. The van der Waals surface area contributed by atoms with E-state index in [4.69, 9.17) is 9.84 Å². The number of ether oxygens (including phenoxy) is 1. The number of β-amino-alcohol motifs (C(OH)–C–C–N with tert-alkyl or cyclic N) is 1. The molecule has 0 radical (unpaired) electrons. The molecule has 0 bridgehead atoms. The number of aliphatic hydroxyl groups is 1. The SMILES string of the molecule is COc1ccccc1CNC(=O)N1CCCC(O)(C(=O)O)C1. The lowest BCUT2D eigenvalue weighted by molar-refractivity contribution is -0.162. The number of aliphatic carboxylic acids is 1. The van der Waals surface area contributed by atoms with Crippen LogP contribution in [0.15, 0.2) is 24.3 Å². The van der Waals surface area contributed by atoms with Gasteiger partial charge in [0.2, 0.25) is 0 Å². The van der Waals surface area contributed by atoms with Crippen molar-refractivity contribution < 1.29 is 24.5 Å². The number of benzene rings is 1. The lowest BCUT2D eigenvalue weighted by Gasteiger charge is -2.36. The van der Waals surface area contributed by atoms with Crippen molar-refractivity contribution in [2.45, 2.75) is 25.0 Å². The van der Waals surface area contributed by atoms with Gasteiger partial charge >= 0.3 is 12.0 Å². The number of piperidine rings is 1. The Balaban J connectivity index is 1.96. The molecule has 1 aromatic carbocycles. The van der Waals surface area contributed by atoms with Gasteiger partial charge in [-0.05, 0) is 18.9 Å². The number of hydrogen-bond donors (Lipinski definition) is 3. The van der Waals surface area contributed by atoms with Crippen molar-refractivity contribution in [1.29, 1.82) is 0 Å². The number of likely N-dealkylation sites (tertiary alicyclic amines) is 1. The van der Waals surface area contributed by atoms with Crippen LogP contribution in [0, 0.1) is 0 Å². The highest BCUT2D eigenvalue weighted by Crippen LogP contribution is 2.22. The number of hydrogen-bond acceptors (Lipinski definition) is 4. The van der Waals surface area contributed by atoms with E-state index in [0.717, 1.165) is 5.56 Å². The zero-order chi connectivity index (χ0) is 16.2. The van der Waals surface area contributed by atoms with Gasteiger partial charge in [-0.15, -0.1) is 0 Å². The molecule has 1 aliphatic rings. The van der Waals surface area contributed by atoms with Crippen molar-refractivity contribution in [3.05, 3.63) is 29.8 Å². The Hall–Kier alpha value is -2.28. The molecule has 1 heterocycles. The summed E-state index contributed by atoms with van der Waals surface area (Å²) in [6.45, 7) is 0.484. The van der Waals surface area contributed by atoms with E-state index in [2.05, 4.69) is 5.32 Å². The minimum Gasteiger partial charge on any atom is -0.496 e. The molecular weight excluding hydrogens is 288 g/mol. The van der Waals surface area contributed by atoms with Crippen LogP contribution < -0.4 is 10.1 Å². The van der Waals surface area contributed by atoms with Crippen LogP contribution in [0.2, 0.25) is 0 Å². The first kappa shape index (κ1) is 16.1. The fraction of sp³-hybridized carbons (Fsp3) is 0.467. The topological polar surface area (TPSA) is 99.1 Å². The van der Waals surface area contributed by atoms with Gasteiger partial charge in [0.15, 0.2) is 5.60 Å². The van der Waals surface area contributed by atoms with Crippen LogP contribution >= 0.6 is 0 Å². The van der Waals surface area contributed by atoms with E-state index in [-0.39, 0.29) is 19.5 Å². The van der Waals surface area contributed by atoms with Crippen LogP contribution in [0.25, 0.3) is 0 Å². The van der Waals surface area contributed by atoms with Gasteiger partial charge in [0, 0.05) is 18.7 Å². The number of carboxylic acids is 1. The van der Waals surface area contributed by atoms with E-state index >= 15 is 0 Å². The molecule has 2 amide bonds. The summed E-state index contributed by atoms with van der Waals surface area (Å²) < 4.78 is 5.21. The Bertz CT molecular complexity index is 563. The first-order valence-electron chi connectivity index (χ1n) is 7.07. The first-order valence-corrected chi connectivity index (χ1v) is 7.07. The van der Waals surface area contributed by atoms with Gasteiger partial charge in [-0.1, -0.05) is 18.2 Å². The highest BCUT2D eigenvalue weighted by atomic mass is 16.5. The maximum Gasteiger partial charge on any atom is 0.337 e. The van der Waals surface area contributed by atoms with Gasteiger partial charge in [-0.2, -0.15) is 0 Å². The lowest BCUT2D eigenvalue weighted by Crippen LogP contribution is -2.56. The standard InChI is InChI=1S/C15H20N2O5/c1-22-12-6-3-2-5-11(12)9-16-14(20)17-8-4-7-15(21,10-17)13(18)19/h2-3,5-6,21H,4,7-10H2,1H3,(H,16,20)(H,18,19). The van der Waals surface area contributed by atoms with E-state index in [0.29, 0.717) is 18.7 Å². The Morgan fingerprint density at radius 2 is 2.14 bits per heavy atom. The Labute approximate surface area is 128 Å². The van der Waals surface area contributed by atoms with Crippen LogP contribution in [-0.4, -0.2) is 52.9 Å². The van der Waals surface area contributed by atoms with Gasteiger partial charge in [0.1, 0.15) is 5.75 Å². The molecule has 1 unspecified atom stereocenters. The smallest absolute Gasteiger partial charge is 0.337 e. The lowest BCUT2D eigenvalue weighted by atomic mass is 9.93. The third-order valence-electron chi connectivity index (χ3n) is 3.78. The number of methoxy groups -OCH3 is 1. The maximum atomic E-state index is 12.2. The van der Waals surface area contributed by atoms with Crippen LogP contribution in [-0.2, 0) is 11.3 Å². The summed E-state index contributed by atoms with van der Waals surface area (Å²) in [7, 11) is 1.55. The molecule has 0 aromatic heterocycles. The Morgan fingerprint density at radius 3 is 2.82 bits per heavy atom. The Kier molecular flexibility index (Phi) is 4.87. The number of nitrogens with one attached hydrogen (secondary N) is 1. The van der Waals surface area contributed by atoms with Gasteiger partial charge in [-0.3, -0.25) is 0 Å². The summed E-state index contributed by atoms with van der Waals surface area (Å²) in [5, 5.41) is 21.8. The summed E-state index contributed by atoms with van der Waals surface area (Å²) in [5.41, 5.74) is -1.04. The summed E-state index contributed by atoms with van der Waals surface area (Å²) in [6.07, 6.45) is 0.601. The fourth-order valence-corrected chi connectivity index (χ4v) is 2.52. The highest BCUT2D eigenvalue weighted by molar-refractivity contribution is 5.80. The van der Waals surface area contributed by atoms with Crippen LogP contribution in [0.4, 0.5) is 4.79 Å². The fourth-order valence-electron chi connectivity index (χ4n) is 2.52. The number of carbonyl (C=O) groups is 2. The minimum absolute atomic E-state index is 0.151. The quantitative estimate of drug-likeness (QED) is 0.764. The number of amides is 2. The summed E-state index contributed by atoms with van der Waals surface area (Å²) in [4.78, 5) is 24.6. The van der Waals surface area contributed by atoms with Gasteiger partial charge in [0.05, 0.1) is 13.7 Å². The number of nitrogens with zero attached hydrogens (tertiary/aromatic N) is 1. The molecule has 0 saturated carbocycles. The van der Waals surface area contributed by atoms with Gasteiger partial charge in [-0.25, -0.2) is 9.59 Å². The van der Waals surface area contributed by atoms with Crippen LogP contribution in [0.1, 0.15) is 18.4 Å². The number of urea groups is 1. The van der Waals surface area contributed by atoms with E-state index < -0.39 is 17.6 Å². The minimum atomic E-state index is -1.86. The average molecular weight is 308 g/mol. The largest absolute Gasteiger partial charge is 0.496 e. The third-order valence-corrected chi connectivity index (χ3v) is 3.78. The van der Waals surface area contributed by atoms with Crippen molar-refractivity contribution in [3.8, 4) is 5.75 Å². The number of rotatable bonds is 4. The molecule has 0 spiro atoms. The molecule has 1 aliphatic heterocycles. The molecule has 1 atom stereocenters. The average Bonchev–Trinajstić information content (AvgIpc) is 2.52. The number of carboxylic acid groups (broad SMARTS) is 1. The van der Waals surface area contributed by atoms with E-state index in [1.54, 1.807) is 13.2 Å². The van der Waals surface area contributed by atoms with E-state index in [1.807, 2.05) is 18.2 Å². The van der Waals surface area contributed by atoms with Crippen molar-refractivity contribution in [3.63, 3.8) is 0 Å². The van der Waals surface area contributed by atoms with Crippen molar-refractivity contribution in [1.82, 2.24) is 10.2 Å². The normalized spacial score (nSPS) is 21.3. The predicted molar refractivity (Wildman–Crippen MR) is 78.6 cm³/mol. The number of para-hydroxylation sites is 1. The maximum absolute atomic E-state index is 12.2. The highest BCUT2D eigenvalue weighted by Gasteiger charge is 2.41. The second-order valence-electron chi connectivity index (χ2n) is 5.33. The van der Waals surface area contributed by atoms with E-state index in [9.17, 15) is 14.7 Å². The monoisotopic (exact) mass is 308 g/mol. The molecular formula is C15H20N2O5. The molecule has 3 N–H and O–H groups in total.